The molecular weight excluding hydrogens is 436 g/mol. The normalized spacial score (nSPS) is 15.2. The average Bonchev–Trinajstić information content (AvgIpc) is 3.43. The van der Waals surface area contributed by atoms with E-state index >= 15 is 0 Å². The van der Waals surface area contributed by atoms with Gasteiger partial charge < -0.3 is 19.5 Å². The molecule has 2 aromatic heterocycles. The number of nitrogens with zero attached hydrogens (tertiary/aromatic N) is 5. The minimum absolute atomic E-state index is 0.0836. The average molecular weight is 469 g/mol. The molecule has 10 heteroatoms. The van der Waals surface area contributed by atoms with Gasteiger partial charge in [0.25, 0.3) is 0 Å². The Bertz CT molecular complexity index is 1170. The van der Waals surface area contributed by atoms with Crippen LogP contribution in [0.1, 0.15) is 65.3 Å². The molecule has 4 rings (SSSR count). The molecule has 1 aliphatic rings. The van der Waals surface area contributed by atoms with Gasteiger partial charge >= 0.3 is 6.09 Å². The molecule has 0 radical (unpaired) electrons. The number of hydrogen-bond donors (Lipinski definition) is 1. The molecule has 1 fully saturated rings. The number of piperidine rings is 1. The summed E-state index contributed by atoms with van der Waals surface area (Å²) in [6, 6.07) is 6.28. The molecule has 0 aliphatic carbocycles. The Kier molecular flexibility index (Phi) is 6.58. The van der Waals surface area contributed by atoms with Crippen molar-refractivity contribution in [3.8, 4) is 11.4 Å². The van der Waals surface area contributed by atoms with E-state index in [4.69, 9.17) is 9.26 Å². The van der Waals surface area contributed by atoms with Crippen molar-refractivity contribution in [2.45, 2.75) is 65.0 Å². The summed E-state index contributed by atoms with van der Waals surface area (Å²) in [6.07, 6.45) is 2.71. The largest absolute Gasteiger partial charge is 0.444 e. The van der Waals surface area contributed by atoms with Gasteiger partial charge in [0.2, 0.25) is 17.6 Å². The number of amides is 2. The first-order valence-corrected chi connectivity index (χ1v) is 11.7. The lowest BCUT2D eigenvalue weighted by molar-refractivity contribution is -0.131. The van der Waals surface area contributed by atoms with Crippen LogP contribution in [-0.2, 0) is 9.53 Å². The second kappa shape index (κ2) is 9.44. The van der Waals surface area contributed by atoms with Crippen LogP contribution in [0.15, 0.2) is 28.9 Å². The van der Waals surface area contributed by atoms with Gasteiger partial charge in [-0.3, -0.25) is 9.48 Å². The zero-order valence-corrected chi connectivity index (χ0v) is 20.4. The summed E-state index contributed by atoms with van der Waals surface area (Å²) in [5.41, 5.74) is 1.31. The van der Waals surface area contributed by atoms with E-state index in [1.54, 1.807) is 25.7 Å². The van der Waals surface area contributed by atoms with Crippen molar-refractivity contribution in [1.29, 1.82) is 0 Å². The number of aromatic nitrogens is 4. The Hall–Kier alpha value is -3.43. The van der Waals surface area contributed by atoms with Gasteiger partial charge in [0, 0.05) is 36.0 Å². The molecule has 1 aromatic carbocycles. The van der Waals surface area contributed by atoms with Crippen LogP contribution in [0.5, 0.6) is 0 Å². The summed E-state index contributed by atoms with van der Waals surface area (Å²) in [4.78, 5) is 30.6. The number of carbonyl (C=O) groups excluding carboxylic acids is 2. The minimum atomic E-state index is -0.601. The van der Waals surface area contributed by atoms with Gasteiger partial charge in [-0.15, -0.1) is 0 Å². The molecule has 1 aliphatic heterocycles. The molecule has 3 heterocycles. The fourth-order valence-corrected chi connectivity index (χ4v) is 4.06. The van der Waals surface area contributed by atoms with E-state index < -0.39 is 11.7 Å². The standard InChI is InChI=1S/C24H32N6O4/c1-15(2)30-19-12-17(6-7-18(19)13-26-30)21-27-22(34-28-21)16-8-10-29(11-9-16)20(31)14-25-23(32)33-24(3,4)5/h6-7,12-13,15-16H,8-11,14H2,1-5H3,(H,25,32). The zero-order valence-electron chi connectivity index (χ0n) is 20.4. The molecule has 0 atom stereocenters. The maximum absolute atomic E-state index is 12.5. The number of likely N-dealkylation sites (tertiary alicyclic amines) is 1. The summed E-state index contributed by atoms with van der Waals surface area (Å²) >= 11 is 0. The molecule has 3 aromatic rings. The van der Waals surface area contributed by atoms with Crippen molar-refractivity contribution >= 4 is 22.9 Å². The van der Waals surface area contributed by atoms with E-state index in [1.807, 2.05) is 29.1 Å². The van der Waals surface area contributed by atoms with E-state index in [-0.39, 0.29) is 24.4 Å². The topological polar surface area (TPSA) is 115 Å². The van der Waals surface area contributed by atoms with Gasteiger partial charge in [0.15, 0.2) is 0 Å². The first-order valence-electron chi connectivity index (χ1n) is 11.7. The van der Waals surface area contributed by atoms with Gasteiger partial charge in [-0.1, -0.05) is 17.3 Å². The van der Waals surface area contributed by atoms with Crippen LogP contribution in [0, 0.1) is 0 Å². The third-order valence-electron chi connectivity index (χ3n) is 5.77. The van der Waals surface area contributed by atoms with Crippen LogP contribution in [0.4, 0.5) is 4.79 Å². The number of ether oxygens (including phenoxy) is 1. The molecule has 0 unspecified atom stereocenters. The van der Waals surface area contributed by atoms with Crippen molar-refractivity contribution in [3.05, 3.63) is 30.3 Å². The van der Waals surface area contributed by atoms with Crippen LogP contribution < -0.4 is 5.32 Å². The predicted octanol–water partition coefficient (Wildman–Crippen LogP) is 3.90. The lowest BCUT2D eigenvalue weighted by Crippen LogP contribution is -2.44. The van der Waals surface area contributed by atoms with Gasteiger partial charge in [0.05, 0.1) is 11.7 Å². The molecule has 0 saturated carbocycles. The molecule has 1 N–H and O–H groups in total. The smallest absolute Gasteiger partial charge is 0.408 e. The second-order valence-electron chi connectivity index (χ2n) is 9.92. The number of benzene rings is 1. The first kappa shape index (κ1) is 23.7. The Balaban J connectivity index is 1.34. The lowest BCUT2D eigenvalue weighted by Gasteiger charge is -2.30. The third kappa shape index (κ3) is 5.37. The van der Waals surface area contributed by atoms with E-state index in [0.29, 0.717) is 24.8 Å². The number of hydrogen-bond acceptors (Lipinski definition) is 7. The fourth-order valence-electron chi connectivity index (χ4n) is 4.06. The van der Waals surface area contributed by atoms with E-state index in [0.717, 1.165) is 29.3 Å². The molecule has 0 spiro atoms. The molecule has 34 heavy (non-hydrogen) atoms. The molecule has 182 valence electrons. The van der Waals surface area contributed by atoms with E-state index in [9.17, 15) is 9.59 Å². The quantitative estimate of drug-likeness (QED) is 0.604. The maximum atomic E-state index is 12.5. The Labute approximate surface area is 198 Å². The maximum Gasteiger partial charge on any atom is 0.408 e. The monoisotopic (exact) mass is 468 g/mol. The molecular formula is C24H32N6O4. The van der Waals surface area contributed by atoms with E-state index in [2.05, 4.69) is 34.4 Å². The number of fused-ring (bicyclic) bond motifs is 1. The van der Waals surface area contributed by atoms with Crippen molar-refractivity contribution in [1.82, 2.24) is 30.1 Å². The van der Waals surface area contributed by atoms with E-state index in [1.165, 1.54) is 0 Å². The predicted molar refractivity (Wildman–Crippen MR) is 126 cm³/mol. The number of carbonyl (C=O) groups is 2. The van der Waals surface area contributed by atoms with Crippen molar-refractivity contribution in [2.75, 3.05) is 19.6 Å². The van der Waals surface area contributed by atoms with Crippen molar-refractivity contribution in [2.24, 2.45) is 0 Å². The van der Waals surface area contributed by atoms with Gasteiger partial charge in [-0.05, 0) is 53.5 Å². The first-order chi connectivity index (χ1) is 16.1. The highest BCUT2D eigenvalue weighted by Crippen LogP contribution is 2.30. The fraction of sp³-hybridized carbons (Fsp3) is 0.542. The lowest BCUT2D eigenvalue weighted by atomic mass is 9.96. The molecule has 10 nitrogen and oxygen atoms in total. The highest BCUT2D eigenvalue weighted by molar-refractivity contribution is 5.83. The second-order valence-corrected chi connectivity index (χ2v) is 9.92. The highest BCUT2D eigenvalue weighted by atomic mass is 16.6. The van der Waals surface area contributed by atoms with Crippen LogP contribution >= 0.6 is 0 Å². The Morgan fingerprint density at radius 2 is 1.97 bits per heavy atom. The summed E-state index contributed by atoms with van der Waals surface area (Å²) in [6.45, 7) is 10.6. The van der Waals surface area contributed by atoms with Gasteiger partial charge in [0.1, 0.15) is 12.1 Å². The number of nitrogens with one attached hydrogen (secondary N) is 1. The number of rotatable bonds is 5. The highest BCUT2D eigenvalue weighted by Gasteiger charge is 2.28. The number of alkyl carbamates (subject to hydrolysis) is 1. The third-order valence-corrected chi connectivity index (χ3v) is 5.77. The van der Waals surface area contributed by atoms with Crippen molar-refractivity contribution < 1.29 is 18.8 Å². The molecule has 2 amide bonds. The van der Waals surface area contributed by atoms with Crippen LogP contribution in [0.2, 0.25) is 0 Å². The SMILES string of the molecule is CC(C)n1ncc2ccc(-c3noc(C4CCN(C(=O)CNC(=O)OC(C)(C)C)CC4)n3)cc21. The zero-order chi connectivity index (χ0) is 24.5. The van der Waals surface area contributed by atoms with Crippen LogP contribution in [-0.4, -0.2) is 62.1 Å². The van der Waals surface area contributed by atoms with Crippen molar-refractivity contribution in [3.63, 3.8) is 0 Å². The summed E-state index contributed by atoms with van der Waals surface area (Å²) in [5, 5.41) is 12.3. The Morgan fingerprint density at radius 3 is 2.65 bits per heavy atom. The molecule has 1 saturated heterocycles. The summed E-state index contributed by atoms with van der Waals surface area (Å²) in [7, 11) is 0. The molecule has 0 bridgehead atoms. The van der Waals surface area contributed by atoms with Crippen LogP contribution in [0.3, 0.4) is 0 Å². The summed E-state index contributed by atoms with van der Waals surface area (Å²) in [5.74, 6) is 1.10. The summed E-state index contributed by atoms with van der Waals surface area (Å²) < 4.78 is 12.7. The Morgan fingerprint density at radius 1 is 1.24 bits per heavy atom. The van der Waals surface area contributed by atoms with Crippen LogP contribution in [0.25, 0.3) is 22.3 Å². The van der Waals surface area contributed by atoms with Gasteiger partial charge in [-0.25, -0.2) is 4.79 Å². The minimum Gasteiger partial charge on any atom is -0.444 e. The van der Waals surface area contributed by atoms with Gasteiger partial charge in [-0.2, -0.15) is 10.1 Å².